The van der Waals surface area contributed by atoms with Crippen molar-refractivity contribution in [2.24, 2.45) is 0 Å². The zero-order chi connectivity index (χ0) is 35.9. The summed E-state index contributed by atoms with van der Waals surface area (Å²) in [6.45, 7) is 4.57. The Morgan fingerprint density at radius 2 is 2.02 bits per heavy atom. The summed E-state index contributed by atoms with van der Waals surface area (Å²) >= 11 is 0.678. The predicted octanol–water partition coefficient (Wildman–Crippen LogP) is 6.66. The molecule has 1 amide bonds. The van der Waals surface area contributed by atoms with E-state index in [2.05, 4.69) is 9.97 Å². The fraction of sp³-hybridized carbons (Fsp3) is 0.471. The van der Waals surface area contributed by atoms with Gasteiger partial charge in [-0.15, -0.1) is 11.3 Å². The van der Waals surface area contributed by atoms with E-state index in [1.807, 2.05) is 17.9 Å². The number of aromatic nitrogens is 2. The van der Waals surface area contributed by atoms with Crippen molar-refractivity contribution in [2.75, 3.05) is 43.9 Å². The van der Waals surface area contributed by atoms with Gasteiger partial charge in [-0.05, 0) is 50.4 Å². The van der Waals surface area contributed by atoms with E-state index in [0.29, 0.717) is 37.3 Å². The fourth-order valence-electron chi connectivity index (χ4n) is 8.21. The molecule has 7 rings (SSSR count). The Bertz CT molecular complexity index is 2080. The molecule has 0 bridgehead atoms. The van der Waals surface area contributed by atoms with Crippen LogP contribution in [0.15, 0.2) is 18.2 Å². The predicted molar refractivity (Wildman–Crippen MR) is 177 cm³/mol. The Kier molecular flexibility index (Phi) is 8.29. The van der Waals surface area contributed by atoms with Crippen LogP contribution in [-0.2, 0) is 11.0 Å². The van der Waals surface area contributed by atoms with Crippen LogP contribution in [0.1, 0.15) is 50.7 Å². The summed E-state index contributed by atoms with van der Waals surface area (Å²) in [7, 11) is 1.61. The van der Waals surface area contributed by atoms with E-state index >= 15 is 4.39 Å². The van der Waals surface area contributed by atoms with Crippen molar-refractivity contribution < 1.29 is 35.9 Å². The number of likely N-dealkylation sites (N-methyl/N-ethyl adjacent to an activating group) is 1. The standard InChI is InChI=1S/C34H33F6N7O2S/c1-16-24(7-10-47(16)17(2)48)45(3)31-20-11-22(34(38,39)40)26(19-5-6-23(36)29-25(19)21(13-41)30(42)50-29)27(37)28(20)43-32(44-31)49-15-33-8-4-9-46(33)14-18(35)12-33/h5-6,11,16,18,24H,4,7-10,12,14-15,42H2,1-3H3. The highest BCUT2D eigenvalue weighted by Crippen LogP contribution is 2.48. The Morgan fingerprint density at radius 1 is 1.26 bits per heavy atom. The summed E-state index contributed by atoms with van der Waals surface area (Å²) in [5.41, 5.74) is 1.86. The van der Waals surface area contributed by atoms with Gasteiger partial charge in [-0.3, -0.25) is 9.69 Å². The molecule has 0 radical (unpaired) electrons. The summed E-state index contributed by atoms with van der Waals surface area (Å²) in [5, 5.41) is 9.19. The number of nitrogens with two attached hydrogens (primary N) is 1. The van der Waals surface area contributed by atoms with Crippen LogP contribution >= 0.6 is 11.3 Å². The van der Waals surface area contributed by atoms with Gasteiger partial charge in [0.2, 0.25) is 5.91 Å². The van der Waals surface area contributed by atoms with Crippen molar-refractivity contribution >= 4 is 49.1 Å². The monoisotopic (exact) mass is 717 g/mol. The smallest absolute Gasteiger partial charge is 0.417 e. The van der Waals surface area contributed by atoms with Gasteiger partial charge < -0.3 is 20.3 Å². The first kappa shape index (κ1) is 34.1. The molecule has 50 heavy (non-hydrogen) atoms. The van der Waals surface area contributed by atoms with Gasteiger partial charge in [0.15, 0.2) is 5.82 Å². The molecule has 264 valence electrons. The molecule has 2 aromatic carbocycles. The zero-order valence-electron chi connectivity index (χ0n) is 27.4. The Balaban J connectivity index is 1.45. The highest BCUT2D eigenvalue weighted by atomic mass is 32.1. The molecule has 0 spiro atoms. The van der Waals surface area contributed by atoms with Gasteiger partial charge in [0.05, 0.1) is 27.4 Å². The number of ether oxygens (including phenoxy) is 1. The number of carbonyl (C=O) groups excluding carboxylic acids is 1. The molecule has 16 heteroatoms. The summed E-state index contributed by atoms with van der Waals surface area (Å²) in [6.07, 6.45) is -3.99. The second kappa shape index (κ2) is 12.2. The van der Waals surface area contributed by atoms with Gasteiger partial charge >= 0.3 is 12.2 Å². The largest absolute Gasteiger partial charge is 0.461 e. The lowest BCUT2D eigenvalue weighted by molar-refractivity contribution is -0.137. The van der Waals surface area contributed by atoms with E-state index in [9.17, 15) is 32.0 Å². The molecule has 0 saturated carbocycles. The number of thiophene rings is 1. The number of fused-ring (bicyclic) bond motifs is 3. The Labute approximate surface area is 287 Å². The van der Waals surface area contributed by atoms with Gasteiger partial charge in [0, 0.05) is 55.9 Å². The number of benzene rings is 2. The van der Waals surface area contributed by atoms with Gasteiger partial charge in [0.25, 0.3) is 0 Å². The van der Waals surface area contributed by atoms with Gasteiger partial charge in [-0.2, -0.15) is 28.4 Å². The molecule has 4 atom stereocenters. The second-order valence-corrected chi connectivity index (χ2v) is 14.4. The van der Waals surface area contributed by atoms with Crippen molar-refractivity contribution in [2.45, 2.75) is 69.5 Å². The lowest BCUT2D eigenvalue weighted by Crippen LogP contribution is -2.44. The summed E-state index contributed by atoms with van der Waals surface area (Å²) in [4.78, 5) is 26.4. The average Bonchev–Trinajstić information content (AvgIpc) is 3.80. The highest BCUT2D eigenvalue weighted by Gasteiger charge is 2.49. The number of nitrogen functional groups attached to an aromatic ring is 1. The molecule has 0 aliphatic carbocycles. The Hall–Kier alpha value is -4.36. The van der Waals surface area contributed by atoms with E-state index < -0.39 is 52.2 Å². The maximum Gasteiger partial charge on any atom is 0.417 e. The number of rotatable bonds is 6. The Morgan fingerprint density at radius 3 is 2.70 bits per heavy atom. The maximum atomic E-state index is 17.1. The zero-order valence-corrected chi connectivity index (χ0v) is 28.2. The molecule has 4 unspecified atom stereocenters. The molecule has 4 aromatic rings. The lowest BCUT2D eigenvalue weighted by Gasteiger charge is -2.33. The molecule has 2 N–H and O–H groups in total. The molecule has 3 saturated heterocycles. The first-order chi connectivity index (χ1) is 23.6. The first-order valence-electron chi connectivity index (χ1n) is 16.2. The number of likely N-dealkylation sites (tertiary alicyclic amines) is 1. The van der Waals surface area contributed by atoms with Crippen molar-refractivity contribution in [1.82, 2.24) is 19.8 Å². The third kappa shape index (κ3) is 5.36. The molecular weight excluding hydrogens is 684 g/mol. The van der Waals surface area contributed by atoms with Crippen LogP contribution in [0.25, 0.3) is 32.1 Å². The minimum atomic E-state index is -5.12. The van der Waals surface area contributed by atoms with Crippen LogP contribution in [0.2, 0.25) is 0 Å². The average molecular weight is 718 g/mol. The molecule has 2 aromatic heterocycles. The van der Waals surface area contributed by atoms with E-state index in [0.717, 1.165) is 24.6 Å². The summed E-state index contributed by atoms with van der Waals surface area (Å²) in [5.74, 6) is -2.43. The van der Waals surface area contributed by atoms with E-state index in [-0.39, 0.29) is 75.0 Å². The van der Waals surface area contributed by atoms with E-state index in [4.69, 9.17) is 10.5 Å². The number of hydrogen-bond acceptors (Lipinski definition) is 9. The van der Waals surface area contributed by atoms with Gasteiger partial charge in [-0.25, -0.2) is 13.2 Å². The lowest BCUT2D eigenvalue weighted by atomic mass is 9.92. The van der Waals surface area contributed by atoms with Crippen molar-refractivity contribution in [3.8, 4) is 23.2 Å². The number of nitrogens with zero attached hydrogens (tertiary/aromatic N) is 6. The maximum absolute atomic E-state index is 17.1. The first-order valence-corrected chi connectivity index (χ1v) is 17.0. The molecule has 3 aliphatic rings. The minimum absolute atomic E-state index is 0.0204. The number of halogens is 6. The van der Waals surface area contributed by atoms with Crippen LogP contribution < -0.4 is 15.4 Å². The highest BCUT2D eigenvalue weighted by molar-refractivity contribution is 7.23. The van der Waals surface area contributed by atoms with E-state index in [1.54, 1.807) is 16.8 Å². The topological polar surface area (TPSA) is 112 Å². The number of amides is 1. The molecule has 3 aliphatic heterocycles. The third-order valence-electron chi connectivity index (χ3n) is 10.6. The number of alkyl halides is 4. The number of carbonyl (C=O) groups is 1. The number of hydrogen-bond donors (Lipinski definition) is 1. The summed E-state index contributed by atoms with van der Waals surface area (Å²) < 4.78 is 97.4. The van der Waals surface area contributed by atoms with Gasteiger partial charge in [0.1, 0.15) is 41.0 Å². The molecule has 5 heterocycles. The van der Waals surface area contributed by atoms with Crippen LogP contribution in [-0.4, -0.2) is 82.8 Å². The SMILES string of the molecule is CC(=O)N1CCC(N(C)c2nc(OCC34CCCN3CC(F)C4)nc3c(F)c(-c4ccc(F)c5sc(N)c(C#N)c45)c(C(F)(F)F)cc23)C1C. The third-order valence-corrected chi connectivity index (χ3v) is 11.6. The van der Waals surface area contributed by atoms with Crippen LogP contribution in [0.5, 0.6) is 6.01 Å². The molecule has 3 fully saturated rings. The van der Waals surface area contributed by atoms with Crippen LogP contribution in [0.3, 0.4) is 0 Å². The molecule has 9 nitrogen and oxygen atoms in total. The molecular formula is C34H33F6N7O2S. The van der Waals surface area contributed by atoms with Crippen LogP contribution in [0, 0.1) is 23.0 Å². The normalized spacial score (nSPS) is 23.9. The van der Waals surface area contributed by atoms with Gasteiger partial charge in [-0.1, -0.05) is 6.07 Å². The van der Waals surface area contributed by atoms with Crippen LogP contribution in [0.4, 0.5) is 37.2 Å². The van der Waals surface area contributed by atoms with Crippen molar-refractivity contribution in [1.29, 1.82) is 5.26 Å². The fourth-order valence-corrected chi connectivity index (χ4v) is 9.16. The second-order valence-electron chi connectivity index (χ2n) is 13.4. The van der Waals surface area contributed by atoms with Crippen molar-refractivity contribution in [3.05, 3.63) is 41.0 Å². The number of anilines is 2. The minimum Gasteiger partial charge on any atom is -0.461 e. The summed E-state index contributed by atoms with van der Waals surface area (Å²) in [6, 6.07) is 3.39. The van der Waals surface area contributed by atoms with E-state index in [1.165, 1.54) is 6.92 Å². The number of nitriles is 1. The van der Waals surface area contributed by atoms with Crippen molar-refractivity contribution in [3.63, 3.8) is 0 Å². The quantitative estimate of drug-likeness (QED) is 0.221.